The van der Waals surface area contributed by atoms with Gasteiger partial charge in [0.15, 0.2) is 0 Å². The van der Waals surface area contributed by atoms with E-state index in [4.69, 9.17) is 5.11 Å². The summed E-state index contributed by atoms with van der Waals surface area (Å²) >= 11 is 0. The van der Waals surface area contributed by atoms with Gasteiger partial charge in [-0.1, -0.05) is 0 Å². The monoisotopic (exact) mass is 172 g/mol. The molecule has 0 spiro atoms. The SMILES string of the molecule is O=C(CCCO)OC(F)(F)F. The number of rotatable bonds is 3. The molecule has 0 atom stereocenters. The third-order valence-electron chi connectivity index (χ3n) is 0.769. The average Bonchev–Trinajstić information content (AvgIpc) is 1.79. The van der Waals surface area contributed by atoms with E-state index in [2.05, 4.69) is 4.74 Å². The summed E-state index contributed by atoms with van der Waals surface area (Å²) in [4.78, 5) is 10.2. The van der Waals surface area contributed by atoms with Crippen LogP contribution < -0.4 is 0 Å². The molecule has 11 heavy (non-hydrogen) atoms. The van der Waals surface area contributed by atoms with Crippen LogP contribution in [-0.2, 0) is 9.53 Å². The second-order valence-corrected chi connectivity index (χ2v) is 1.75. The van der Waals surface area contributed by atoms with Gasteiger partial charge in [-0.2, -0.15) is 0 Å². The Balaban J connectivity index is 3.53. The maximum absolute atomic E-state index is 11.2. The number of hydrogen-bond donors (Lipinski definition) is 1. The van der Waals surface area contributed by atoms with Crippen LogP contribution in [-0.4, -0.2) is 24.0 Å². The average molecular weight is 172 g/mol. The van der Waals surface area contributed by atoms with Crippen LogP contribution in [0, 0.1) is 0 Å². The van der Waals surface area contributed by atoms with Crippen molar-refractivity contribution in [1.82, 2.24) is 0 Å². The van der Waals surface area contributed by atoms with Gasteiger partial charge >= 0.3 is 12.3 Å². The molecule has 0 amide bonds. The Morgan fingerprint density at radius 2 is 2.00 bits per heavy atom. The minimum absolute atomic E-state index is 0.0189. The zero-order chi connectivity index (χ0) is 8.91. The van der Waals surface area contributed by atoms with Crippen LogP contribution in [0.3, 0.4) is 0 Å². The number of halogens is 3. The highest BCUT2D eigenvalue weighted by molar-refractivity contribution is 5.69. The normalized spacial score (nSPS) is 11.3. The fraction of sp³-hybridized carbons (Fsp3) is 0.800. The van der Waals surface area contributed by atoms with Gasteiger partial charge in [0, 0.05) is 13.0 Å². The smallest absolute Gasteiger partial charge is 0.396 e. The minimum atomic E-state index is -4.91. The first-order chi connectivity index (χ1) is 4.95. The van der Waals surface area contributed by atoms with Crippen LogP contribution in [0.5, 0.6) is 0 Å². The summed E-state index contributed by atoms with van der Waals surface area (Å²) in [5, 5.41) is 8.12. The molecule has 0 aromatic carbocycles. The number of aliphatic hydroxyl groups is 1. The van der Waals surface area contributed by atoms with E-state index >= 15 is 0 Å². The molecule has 0 unspecified atom stereocenters. The molecule has 0 saturated carbocycles. The predicted molar refractivity (Wildman–Crippen MR) is 28.5 cm³/mol. The lowest BCUT2D eigenvalue weighted by Gasteiger charge is -2.05. The molecular weight excluding hydrogens is 165 g/mol. The Bertz CT molecular complexity index is 131. The first kappa shape index (κ1) is 10.2. The number of alkyl halides is 3. The lowest BCUT2D eigenvalue weighted by atomic mass is 10.3. The van der Waals surface area contributed by atoms with E-state index < -0.39 is 18.8 Å². The number of carbonyl (C=O) groups is 1. The van der Waals surface area contributed by atoms with Gasteiger partial charge in [-0.15, -0.1) is 13.2 Å². The summed E-state index contributed by atoms with van der Waals surface area (Å²) < 4.78 is 36.7. The zero-order valence-electron chi connectivity index (χ0n) is 5.52. The number of hydrogen-bond acceptors (Lipinski definition) is 3. The lowest BCUT2D eigenvalue weighted by molar-refractivity contribution is -0.305. The largest absolute Gasteiger partial charge is 0.575 e. The van der Waals surface area contributed by atoms with Crippen LogP contribution in [0.1, 0.15) is 12.8 Å². The summed E-state index contributed by atoms with van der Waals surface area (Å²) in [6.45, 7) is -0.326. The quantitative estimate of drug-likeness (QED) is 0.641. The van der Waals surface area contributed by atoms with Crippen molar-refractivity contribution in [2.45, 2.75) is 19.2 Å². The zero-order valence-corrected chi connectivity index (χ0v) is 5.52. The van der Waals surface area contributed by atoms with Gasteiger partial charge in [-0.25, -0.2) is 0 Å². The van der Waals surface area contributed by atoms with Crippen molar-refractivity contribution in [1.29, 1.82) is 0 Å². The summed E-state index contributed by atoms with van der Waals surface area (Å²) in [7, 11) is 0. The fourth-order valence-electron chi connectivity index (χ4n) is 0.404. The Kier molecular flexibility index (Phi) is 3.88. The van der Waals surface area contributed by atoms with Gasteiger partial charge in [0.1, 0.15) is 0 Å². The molecule has 1 N–H and O–H groups in total. The summed E-state index contributed by atoms with van der Waals surface area (Å²) in [6, 6.07) is 0. The first-order valence-electron chi connectivity index (χ1n) is 2.85. The number of carbonyl (C=O) groups excluding carboxylic acids is 1. The van der Waals surface area contributed by atoms with Crippen molar-refractivity contribution in [2.24, 2.45) is 0 Å². The molecule has 66 valence electrons. The molecule has 0 fully saturated rings. The third kappa shape index (κ3) is 7.11. The van der Waals surface area contributed by atoms with Crippen LogP contribution in [0.4, 0.5) is 13.2 Å². The molecule has 0 aliphatic carbocycles. The molecule has 0 aliphatic rings. The lowest BCUT2D eigenvalue weighted by Crippen LogP contribution is -2.19. The second-order valence-electron chi connectivity index (χ2n) is 1.75. The number of ether oxygens (including phenoxy) is 1. The molecule has 6 heteroatoms. The molecule has 0 radical (unpaired) electrons. The summed E-state index contributed by atoms with van der Waals surface area (Å²) in [6.07, 6.45) is -5.35. The standard InChI is InChI=1S/C5H7F3O3/c6-5(7,8)11-4(10)2-1-3-9/h9H,1-3H2. The highest BCUT2D eigenvalue weighted by Crippen LogP contribution is 2.17. The van der Waals surface area contributed by atoms with E-state index in [1.165, 1.54) is 0 Å². The molecule has 0 saturated heterocycles. The Labute approximate surface area is 60.8 Å². The van der Waals surface area contributed by atoms with Crippen molar-refractivity contribution in [2.75, 3.05) is 6.61 Å². The van der Waals surface area contributed by atoms with Crippen LogP contribution in [0.25, 0.3) is 0 Å². The van der Waals surface area contributed by atoms with Gasteiger partial charge in [-0.3, -0.25) is 4.79 Å². The molecular formula is C5H7F3O3. The van der Waals surface area contributed by atoms with Gasteiger partial charge in [0.25, 0.3) is 0 Å². The highest BCUT2D eigenvalue weighted by atomic mass is 19.4. The van der Waals surface area contributed by atoms with E-state index in [0.717, 1.165) is 0 Å². The molecule has 0 bridgehead atoms. The fourth-order valence-corrected chi connectivity index (χ4v) is 0.404. The first-order valence-corrected chi connectivity index (χ1v) is 2.85. The van der Waals surface area contributed by atoms with Crippen molar-refractivity contribution in [3.63, 3.8) is 0 Å². The van der Waals surface area contributed by atoms with Crippen LogP contribution in [0.2, 0.25) is 0 Å². The molecule has 0 aliphatic heterocycles. The van der Waals surface area contributed by atoms with E-state index in [1.54, 1.807) is 0 Å². The summed E-state index contributed by atoms with van der Waals surface area (Å²) in [5.41, 5.74) is 0. The number of aliphatic hydroxyl groups excluding tert-OH is 1. The van der Waals surface area contributed by atoms with Gasteiger partial charge < -0.3 is 9.84 Å². The minimum Gasteiger partial charge on any atom is -0.396 e. The molecule has 0 rings (SSSR count). The predicted octanol–water partition coefficient (Wildman–Crippen LogP) is 0.822. The van der Waals surface area contributed by atoms with Crippen molar-refractivity contribution in [3.05, 3.63) is 0 Å². The van der Waals surface area contributed by atoms with Gasteiger partial charge in [0.2, 0.25) is 0 Å². The number of esters is 1. The van der Waals surface area contributed by atoms with E-state index in [1.807, 2.05) is 0 Å². The van der Waals surface area contributed by atoms with E-state index in [-0.39, 0.29) is 13.0 Å². The maximum atomic E-state index is 11.2. The Hall–Kier alpha value is -0.780. The summed E-state index contributed by atoms with van der Waals surface area (Å²) in [5.74, 6) is -1.37. The van der Waals surface area contributed by atoms with Crippen LogP contribution in [0.15, 0.2) is 0 Å². The van der Waals surface area contributed by atoms with E-state index in [9.17, 15) is 18.0 Å². The third-order valence-corrected chi connectivity index (χ3v) is 0.769. The van der Waals surface area contributed by atoms with Gasteiger partial charge in [-0.05, 0) is 6.42 Å². The van der Waals surface area contributed by atoms with Crippen LogP contribution >= 0.6 is 0 Å². The second kappa shape index (κ2) is 4.17. The van der Waals surface area contributed by atoms with Crippen molar-refractivity contribution >= 4 is 5.97 Å². The highest BCUT2D eigenvalue weighted by Gasteiger charge is 2.33. The molecule has 0 aromatic heterocycles. The Morgan fingerprint density at radius 1 is 1.45 bits per heavy atom. The topological polar surface area (TPSA) is 46.5 Å². The molecule has 0 aromatic rings. The Morgan fingerprint density at radius 3 is 2.36 bits per heavy atom. The van der Waals surface area contributed by atoms with Gasteiger partial charge in [0.05, 0.1) is 0 Å². The maximum Gasteiger partial charge on any atom is 0.575 e. The van der Waals surface area contributed by atoms with Crippen molar-refractivity contribution < 1.29 is 27.8 Å². The van der Waals surface area contributed by atoms with E-state index in [0.29, 0.717) is 0 Å². The molecule has 0 heterocycles. The van der Waals surface area contributed by atoms with Crippen molar-refractivity contribution in [3.8, 4) is 0 Å². The molecule has 3 nitrogen and oxygen atoms in total.